The molecule has 13 heteroatoms. The molecule has 0 bridgehead atoms. The fourth-order valence-corrected chi connectivity index (χ4v) is 5.14. The van der Waals surface area contributed by atoms with Crippen molar-refractivity contribution in [2.45, 2.75) is 76.2 Å². The van der Waals surface area contributed by atoms with Crippen molar-refractivity contribution in [1.29, 1.82) is 0 Å². The molecule has 39 heavy (non-hydrogen) atoms. The highest BCUT2D eigenvalue weighted by Gasteiger charge is 2.44. The van der Waals surface area contributed by atoms with Crippen molar-refractivity contribution in [2.24, 2.45) is 0 Å². The molecule has 2 saturated heterocycles. The molecule has 0 radical (unpaired) electrons. The Balaban J connectivity index is 0.000000255. The number of aromatic amines is 1. The Morgan fingerprint density at radius 1 is 1.26 bits per heavy atom. The predicted octanol–water partition coefficient (Wildman–Crippen LogP) is 4.17. The molecule has 2 N–H and O–H groups in total. The van der Waals surface area contributed by atoms with Crippen LogP contribution in [-0.2, 0) is 4.79 Å². The minimum atomic E-state index is -4.17. The van der Waals surface area contributed by atoms with Crippen molar-refractivity contribution in [3.8, 4) is 17.1 Å². The minimum Gasteiger partial charge on any atom is -0.481 e. The molecule has 2 fully saturated rings. The van der Waals surface area contributed by atoms with Gasteiger partial charge in [0, 0.05) is 36.8 Å². The first-order valence-electron chi connectivity index (χ1n) is 13.1. The van der Waals surface area contributed by atoms with Crippen LogP contribution in [0.5, 0.6) is 5.88 Å². The van der Waals surface area contributed by atoms with E-state index in [4.69, 9.17) is 4.74 Å². The van der Waals surface area contributed by atoms with Gasteiger partial charge >= 0.3 is 6.18 Å². The third-order valence-corrected chi connectivity index (χ3v) is 7.14. The van der Waals surface area contributed by atoms with Crippen LogP contribution in [-0.4, -0.2) is 88.8 Å². The highest BCUT2D eigenvalue weighted by molar-refractivity contribution is 5.93. The molecule has 9 nitrogen and oxygen atoms in total. The number of ether oxygens (including phenoxy) is 1. The maximum Gasteiger partial charge on any atom is 0.404 e. The summed E-state index contributed by atoms with van der Waals surface area (Å²) in [4.78, 5) is 30.0. The standard InChI is InChI=1S/C18H23FN4O2.C8H13F3N2O/c1-3-6-12-7-4-5-8-23(12)18(24)16-10-15(21-22-16)13-9-17(25-2)20-11-14(13)19;1-13-4-6(12-5-14)2-3-7(13)8(9,10)11/h9-12H,3-8H2,1-2H3,(H,21,22);5-7H,2-4H2,1H3,(H,12,14)/t12-;/m1./s1. The highest BCUT2D eigenvalue weighted by Crippen LogP contribution is 2.31. The van der Waals surface area contributed by atoms with E-state index in [0.717, 1.165) is 44.8 Å². The molecule has 0 saturated carbocycles. The Morgan fingerprint density at radius 2 is 2.03 bits per heavy atom. The van der Waals surface area contributed by atoms with E-state index in [1.54, 1.807) is 6.07 Å². The number of nitrogens with one attached hydrogen (secondary N) is 2. The van der Waals surface area contributed by atoms with E-state index < -0.39 is 18.0 Å². The smallest absolute Gasteiger partial charge is 0.404 e. The summed E-state index contributed by atoms with van der Waals surface area (Å²) in [6, 6.07) is 1.82. The van der Waals surface area contributed by atoms with E-state index in [-0.39, 0.29) is 36.5 Å². The number of nitrogens with zero attached hydrogens (tertiary/aromatic N) is 4. The van der Waals surface area contributed by atoms with Crippen LogP contribution in [0.2, 0.25) is 0 Å². The van der Waals surface area contributed by atoms with Gasteiger partial charge in [-0.05, 0) is 51.6 Å². The number of likely N-dealkylation sites (N-methyl/N-ethyl adjacent to an activating group) is 1. The Hall–Kier alpha value is -3.22. The molecule has 2 unspecified atom stereocenters. The molecule has 2 aliphatic heterocycles. The van der Waals surface area contributed by atoms with Crippen molar-refractivity contribution < 1.29 is 31.9 Å². The zero-order valence-electron chi connectivity index (χ0n) is 22.4. The first-order valence-corrected chi connectivity index (χ1v) is 13.1. The number of halogens is 4. The number of hydrogen-bond acceptors (Lipinski definition) is 6. The predicted molar refractivity (Wildman–Crippen MR) is 137 cm³/mol. The second kappa shape index (κ2) is 13.7. The van der Waals surface area contributed by atoms with Crippen molar-refractivity contribution >= 4 is 12.3 Å². The lowest BCUT2D eigenvalue weighted by atomic mass is 9.98. The van der Waals surface area contributed by atoms with Crippen molar-refractivity contribution in [2.75, 3.05) is 27.2 Å². The van der Waals surface area contributed by atoms with Crippen molar-refractivity contribution in [3.05, 3.63) is 29.8 Å². The van der Waals surface area contributed by atoms with Gasteiger partial charge in [0.25, 0.3) is 5.91 Å². The Morgan fingerprint density at radius 3 is 2.67 bits per heavy atom. The minimum absolute atomic E-state index is 0.0471. The number of amides is 2. The maximum atomic E-state index is 14.1. The summed E-state index contributed by atoms with van der Waals surface area (Å²) < 4.78 is 56.2. The number of piperidine rings is 2. The van der Waals surface area contributed by atoms with Gasteiger partial charge in [0.15, 0.2) is 5.82 Å². The lowest BCUT2D eigenvalue weighted by Gasteiger charge is -2.37. The van der Waals surface area contributed by atoms with E-state index in [9.17, 15) is 27.2 Å². The molecule has 2 aromatic heterocycles. The summed E-state index contributed by atoms with van der Waals surface area (Å²) in [5, 5.41) is 9.37. The number of rotatable bonds is 7. The first-order chi connectivity index (χ1) is 18.6. The highest BCUT2D eigenvalue weighted by atomic mass is 19.4. The van der Waals surface area contributed by atoms with Crippen LogP contribution in [0.25, 0.3) is 11.3 Å². The lowest BCUT2D eigenvalue weighted by molar-refractivity contribution is -0.188. The summed E-state index contributed by atoms with van der Waals surface area (Å²) in [7, 11) is 2.89. The number of likely N-dealkylation sites (tertiary alicyclic amines) is 2. The van der Waals surface area contributed by atoms with Crippen LogP contribution in [0.15, 0.2) is 18.3 Å². The topological polar surface area (TPSA) is 103 Å². The average molecular weight is 557 g/mol. The van der Waals surface area contributed by atoms with E-state index in [1.165, 1.54) is 25.1 Å². The average Bonchev–Trinajstić information content (AvgIpc) is 3.39. The molecular weight excluding hydrogens is 520 g/mol. The normalized spacial score (nSPS) is 22.0. The molecule has 2 aliphatic rings. The van der Waals surface area contributed by atoms with E-state index >= 15 is 0 Å². The molecule has 2 aromatic rings. The summed E-state index contributed by atoms with van der Waals surface area (Å²) in [6.45, 7) is 3.14. The van der Waals surface area contributed by atoms with E-state index in [2.05, 4.69) is 27.4 Å². The molecule has 3 atom stereocenters. The number of carbonyl (C=O) groups is 2. The van der Waals surface area contributed by atoms with Gasteiger partial charge in [-0.3, -0.25) is 19.6 Å². The van der Waals surface area contributed by atoms with Crippen molar-refractivity contribution in [1.82, 2.24) is 30.3 Å². The third-order valence-electron chi connectivity index (χ3n) is 7.14. The Bertz CT molecular complexity index is 1090. The fourth-order valence-electron chi connectivity index (χ4n) is 5.14. The summed E-state index contributed by atoms with van der Waals surface area (Å²) in [6.07, 6.45) is 3.15. The Kier molecular flexibility index (Phi) is 10.7. The van der Waals surface area contributed by atoms with Crippen LogP contribution in [0.1, 0.15) is 62.4 Å². The third kappa shape index (κ3) is 7.90. The molecule has 216 valence electrons. The second-order valence-corrected chi connectivity index (χ2v) is 9.87. The van der Waals surface area contributed by atoms with Crippen LogP contribution in [0, 0.1) is 5.82 Å². The van der Waals surface area contributed by atoms with Gasteiger partial charge in [-0.25, -0.2) is 9.37 Å². The Labute approximate surface area is 225 Å². The quantitative estimate of drug-likeness (QED) is 0.392. The van der Waals surface area contributed by atoms with Crippen LogP contribution < -0.4 is 10.1 Å². The van der Waals surface area contributed by atoms with Gasteiger partial charge in [0.1, 0.15) is 11.7 Å². The van der Waals surface area contributed by atoms with Crippen LogP contribution in [0.4, 0.5) is 17.6 Å². The van der Waals surface area contributed by atoms with E-state index in [0.29, 0.717) is 30.1 Å². The second-order valence-electron chi connectivity index (χ2n) is 9.87. The van der Waals surface area contributed by atoms with Gasteiger partial charge in [0.2, 0.25) is 12.3 Å². The van der Waals surface area contributed by atoms with E-state index in [1.807, 2.05) is 4.90 Å². The van der Waals surface area contributed by atoms with Crippen LogP contribution >= 0.6 is 0 Å². The number of aromatic nitrogens is 3. The number of carbonyl (C=O) groups excluding carboxylic acids is 2. The molecule has 2 amide bonds. The zero-order valence-corrected chi connectivity index (χ0v) is 22.4. The molecule has 0 aromatic carbocycles. The van der Waals surface area contributed by atoms with Gasteiger partial charge in [-0.2, -0.15) is 18.3 Å². The number of methoxy groups -OCH3 is 1. The summed E-state index contributed by atoms with van der Waals surface area (Å²) in [5.41, 5.74) is 1.00. The maximum absolute atomic E-state index is 14.1. The summed E-state index contributed by atoms with van der Waals surface area (Å²) >= 11 is 0. The van der Waals surface area contributed by atoms with Gasteiger partial charge in [-0.15, -0.1) is 0 Å². The summed E-state index contributed by atoms with van der Waals surface area (Å²) in [5.74, 6) is -0.280. The van der Waals surface area contributed by atoms with Crippen molar-refractivity contribution in [3.63, 3.8) is 0 Å². The molecule has 4 rings (SSSR count). The van der Waals surface area contributed by atoms with Gasteiger partial charge < -0.3 is 15.0 Å². The molecular formula is C26H36F4N6O3. The SMILES string of the molecule is CCC[C@@H]1CCCCN1C(=O)c1cc(-c2cc(OC)ncc2F)n[nH]1.CN1CC(NC=O)CCC1C(F)(F)F. The molecule has 0 aliphatic carbocycles. The van der Waals surface area contributed by atoms with Gasteiger partial charge in [0.05, 0.1) is 19.0 Å². The van der Waals surface area contributed by atoms with Gasteiger partial charge in [-0.1, -0.05) is 13.3 Å². The first kappa shape index (κ1) is 30.3. The zero-order chi connectivity index (χ0) is 28.6. The fraction of sp³-hybridized carbons (Fsp3) is 0.615. The number of alkyl halides is 3. The number of H-pyrrole nitrogens is 1. The number of hydrogen-bond donors (Lipinski definition) is 2. The van der Waals surface area contributed by atoms with Crippen LogP contribution in [0.3, 0.4) is 0 Å². The monoisotopic (exact) mass is 556 g/mol. The lowest BCUT2D eigenvalue weighted by Crippen LogP contribution is -2.53. The molecule has 4 heterocycles. The number of pyridine rings is 1. The molecule has 0 spiro atoms. The largest absolute Gasteiger partial charge is 0.481 e.